The first-order valence-electron chi connectivity index (χ1n) is 8.71. The Hall–Kier alpha value is -1.84. The number of rotatable bonds is 4. The Bertz CT molecular complexity index is 796. The van der Waals surface area contributed by atoms with E-state index in [1.165, 1.54) is 55.4 Å². The second kappa shape index (κ2) is 5.75. The van der Waals surface area contributed by atoms with Gasteiger partial charge in [0.2, 0.25) is 0 Å². The van der Waals surface area contributed by atoms with Gasteiger partial charge in [-0.05, 0) is 31.4 Å². The Morgan fingerprint density at radius 3 is 2.86 bits per heavy atom. The van der Waals surface area contributed by atoms with Gasteiger partial charge in [-0.3, -0.25) is 0 Å². The average Bonchev–Trinajstić information content (AvgIpc) is 2.98. The fraction of sp³-hybridized carbons (Fsp3) is 0.556. The molecule has 0 radical (unpaired) electrons. The molecule has 0 fully saturated rings. The lowest BCUT2D eigenvalue weighted by Crippen LogP contribution is -2.00. The molecule has 0 aliphatic carbocycles. The first-order valence-corrected chi connectivity index (χ1v) is 8.71. The summed E-state index contributed by atoms with van der Waals surface area (Å²) in [7, 11) is 0. The van der Waals surface area contributed by atoms with Crippen LogP contribution in [-0.4, -0.2) is 19.1 Å². The summed E-state index contributed by atoms with van der Waals surface area (Å²) in [5.74, 6) is 1.26. The molecule has 4 rings (SSSR count). The first kappa shape index (κ1) is 13.8. The molecule has 0 spiro atoms. The molecule has 0 atom stereocenters. The fourth-order valence-electron chi connectivity index (χ4n) is 3.61. The third kappa shape index (κ3) is 2.31. The van der Waals surface area contributed by atoms with Gasteiger partial charge >= 0.3 is 0 Å². The minimum absolute atomic E-state index is 1.06. The highest BCUT2D eigenvalue weighted by molar-refractivity contribution is 5.92. The standard InChI is InChI=1S/C18H24N4/c1-2-3-6-9-21-13-19-14-11-17-15(12-16(14)21)20-18-8-5-4-7-10-22(17)18/h11-13H,2-10H2,1H3. The minimum Gasteiger partial charge on any atom is -0.331 e. The van der Waals surface area contributed by atoms with Crippen molar-refractivity contribution in [2.75, 3.05) is 0 Å². The van der Waals surface area contributed by atoms with Crippen LogP contribution in [0.2, 0.25) is 0 Å². The smallest absolute Gasteiger partial charge is 0.109 e. The Morgan fingerprint density at radius 1 is 1.05 bits per heavy atom. The van der Waals surface area contributed by atoms with Crippen LogP contribution in [0.25, 0.3) is 22.1 Å². The van der Waals surface area contributed by atoms with Crippen molar-refractivity contribution in [1.29, 1.82) is 0 Å². The molecule has 4 heteroatoms. The molecular formula is C18H24N4. The summed E-state index contributed by atoms with van der Waals surface area (Å²) in [6.07, 6.45) is 10.7. The van der Waals surface area contributed by atoms with Gasteiger partial charge in [-0.2, -0.15) is 0 Å². The number of hydrogen-bond donors (Lipinski definition) is 0. The molecule has 1 aliphatic rings. The van der Waals surface area contributed by atoms with E-state index in [9.17, 15) is 0 Å². The van der Waals surface area contributed by atoms with Crippen molar-refractivity contribution in [2.45, 2.75) is 65.0 Å². The van der Waals surface area contributed by atoms with Crippen molar-refractivity contribution in [3.8, 4) is 0 Å². The van der Waals surface area contributed by atoms with E-state index in [0.29, 0.717) is 0 Å². The lowest BCUT2D eigenvalue weighted by Gasteiger charge is -2.05. The third-order valence-electron chi connectivity index (χ3n) is 4.85. The second-order valence-electron chi connectivity index (χ2n) is 6.47. The van der Waals surface area contributed by atoms with Gasteiger partial charge < -0.3 is 9.13 Å². The maximum absolute atomic E-state index is 4.90. The molecule has 2 aromatic heterocycles. The van der Waals surface area contributed by atoms with Crippen LogP contribution in [0.1, 0.15) is 51.3 Å². The van der Waals surface area contributed by atoms with E-state index in [-0.39, 0.29) is 0 Å². The van der Waals surface area contributed by atoms with Gasteiger partial charge in [0.15, 0.2) is 0 Å². The van der Waals surface area contributed by atoms with E-state index < -0.39 is 0 Å². The predicted molar refractivity (Wildman–Crippen MR) is 90.1 cm³/mol. The van der Waals surface area contributed by atoms with Gasteiger partial charge in [0.25, 0.3) is 0 Å². The molecule has 1 aliphatic heterocycles. The largest absolute Gasteiger partial charge is 0.331 e. The van der Waals surface area contributed by atoms with Crippen LogP contribution < -0.4 is 0 Å². The second-order valence-corrected chi connectivity index (χ2v) is 6.47. The third-order valence-corrected chi connectivity index (χ3v) is 4.85. The molecule has 22 heavy (non-hydrogen) atoms. The number of imidazole rings is 2. The van der Waals surface area contributed by atoms with Crippen LogP contribution in [-0.2, 0) is 19.5 Å². The number of aryl methyl sites for hydroxylation is 3. The van der Waals surface area contributed by atoms with Gasteiger partial charge in [-0.25, -0.2) is 9.97 Å². The Kier molecular flexibility index (Phi) is 3.60. The van der Waals surface area contributed by atoms with Crippen LogP contribution in [0.15, 0.2) is 18.5 Å². The normalized spacial score (nSPS) is 15.3. The molecular weight excluding hydrogens is 272 g/mol. The van der Waals surface area contributed by atoms with Crippen molar-refractivity contribution in [3.05, 3.63) is 24.3 Å². The Labute approximate surface area is 131 Å². The molecule has 0 bridgehead atoms. The highest BCUT2D eigenvalue weighted by atomic mass is 15.1. The molecule has 1 aromatic carbocycles. The summed E-state index contributed by atoms with van der Waals surface area (Å²) in [6.45, 7) is 4.41. The van der Waals surface area contributed by atoms with Gasteiger partial charge in [-0.1, -0.05) is 26.2 Å². The molecule has 3 heterocycles. The number of aromatic nitrogens is 4. The number of unbranched alkanes of at least 4 members (excludes halogenated alkanes) is 2. The summed E-state index contributed by atoms with van der Waals surface area (Å²) < 4.78 is 4.70. The molecule has 0 N–H and O–H groups in total. The van der Waals surface area contributed by atoms with Crippen LogP contribution in [0.4, 0.5) is 0 Å². The predicted octanol–water partition coefficient (Wildman–Crippen LogP) is 4.30. The SMILES string of the molecule is CCCCCn1cnc2cc3c(cc21)nc1n3CCCCC1. The summed E-state index contributed by atoms with van der Waals surface area (Å²) in [6, 6.07) is 4.48. The van der Waals surface area contributed by atoms with Gasteiger partial charge in [0, 0.05) is 19.5 Å². The van der Waals surface area contributed by atoms with E-state index in [2.05, 4.69) is 33.2 Å². The van der Waals surface area contributed by atoms with Crippen molar-refractivity contribution in [1.82, 2.24) is 19.1 Å². The molecule has 116 valence electrons. The summed E-state index contributed by atoms with van der Waals surface area (Å²) in [5.41, 5.74) is 4.75. The molecule has 0 saturated heterocycles. The zero-order chi connectivity index (χ0) is 14.9. The lowest BCUT2D eigenvalue weighted by molar-refractivity contribution is 0.613. The van der Waals surface area contributed by atoms with E-state index in [0.717, 1.165) is 30.5 Å². The van der Waals surface area contributed by atoms with Crippen molar-refractivity contribution in [2.24, 2.45) is 0 Å². The highest BCUT2D eigenvalue weighted by Gasteiger charge is 2.15. The molecule has 0 amide bonds. The van der Waals surface area contributed by atoms with Crippen LogP contribution >= 0.6 is 0 Å². The maximum atomic E-state index is 4.90. The molecule has 0 saturated carbocycles. The zero-order valence-electron chi connectivity index (χ0n) is 13.4. The number of benzene rings is 1. The molecule has 0 unspecified atom stereocenters. The first-order chi connectivity index (χ1) is 10.9. The zero-order valence-corrected chi connectivity index (χ0v) is 13.4. The van der Waals surface area contributed by atoms with Gasteiger partial charge in [-0.15, -0.1) is 0 Å². The molecule has 3 aromatic rings. The summed E-state index contributed by atoms with van der Waals surface area (Å²) in [4.78, 5) is 9.52. The van der Waals surface area contributed by atoms with E-state index in [1.807, 2.05) is 6.33 Å². The Morgan fingerprint density at radius 2 is 1.95 bits per heavy atom. The maximum Gasteiger partial charge on any atom is 0.109 e. The van der Waals surface area contributed by atoms with E-state index >= 15 is 0 Å². The van der Waals surface area contributed by atoms with E-state index in [1.54, 1.807) is 0 Å². The average molecular weight is 296 g/mol. The van der Waals surface area contributed by atoms with Crippen molar-refractivity contribution >= 4 is 22.1 Å². The minimum atomic E-state index is 1.06. The number of fused-ring (bicyclic) bond motifs is 4. The van der Waals surface area contributed by atoms with Crippen LogP contribution in [0.5, 0.6) is 0 Å². The van der Waals surface area contributed by atoms with Crippen molar-refractivity contribution in [3.63, 3.8) is 0 Å². The Balaban J connectivity index is 1.77. The van der Waals surface area contributed by atoms with Gasteiger partial charge in [0.1, 0.15) is 5.82 Å². The van der Waals surface area contributed by atoms with Crippen molar-refractivity contribution < 1.29 is 0 Å². The quantitative estimate of drug-likeness (QED) is 0.673. The van der Waals surface area contributed by atoms with Crippen LogP contribution in [0, 0.1) is 0 Å². The highest BCUT2D eigenvalue weighted by Crippen LogP contribution is 2.26. The fourth-order valence-corrected chi connectivity index (χ4v) is 3.61. The monoisotopic (exact) mass is 296 g/mol. The number of nitrogens with zero attached hydrogens (tertiary/aromatic N) is 4. The molecule has 4 nitrogen and oxygen atoms in total. The number of hydrogen-bond acceptors (Lipinski definition) is 2. The topological polar surface area (TPSA) is 35.6 Å². The summed E-state index contributed by atoms with van der Waals surface area (Å²) >= 11 is 0. The van der Waals surface area contributed by atoms with Crippen LogP contribution in [0.3, 0.4) is 0 Å². The summed E-state index contributed by atoms with van der Waals surface area (Å²) in [5, 5.41) is 0. The van der Waals surface area contributed by atoms with E-state index in [4.69, 9.17) is 4.98 Å². The van der Waals surface area contributed by atoms with Gasteiger partial charge in [0.05, 0.1) is 28.4 Å². The lowest BCUT2D eigenvalue weighted by atomic mass is 10.2.